The monoisotopic (exact) mass is 312 g/mol. The van der Waals surface area contributed by atoms with Crippen LogP contribution in [0.5, 0.6) is 0 Å². The molecule has 1 unspecified atom stereocenters. The summed E-state index contributed by atoms with van der Waals surface area (Å²) in [5.41, 5.74) is 3.38. The van der Waals surface area contributed by atoms with Crippen molar-refractivity contribution in [2.45, 2.75) is 19.3 Å². The number of hydrogen-bond donors (Lipinski definition) is 1. The molecule has 0 radical (unpaired) electrons. The Morgan fingerprint density at radius 3 is 2.96 bits per heavy atom. The van der Waals surface area contributed by atoms with Gasteiger partial charge in [0.25, 0.3) is 0 Å². The lowest BCUT2D eigenvalue weighted by atomic mass is 10.1. The van der Waals surface area contributed by atoms with E-state index in [2.05, 4.69) is 40.0 Å². The van der Waals surface area contributed by atoms with Crippen molar-refractivity contribution in [3.8, 4) is 11.3 Å². The number of aromatic amines is 1. The van der Waals surface area contributed by atoms with Crippen LogP contribution >= 0.6 is 0 Å². The number of carbonyl (C=O) groups is 1. The minimum absolute atomic E-state index is 0.170. The van der Waals surface area contributed by atoms with Crippen LogP contribution in [0.25, 0.3) is 11.3 Å². The largest absolute Gasteiger partial charge is 0.342 e. The quantitative estimate of drug-likeness (QED) is 0.921. The molecule has 0 spiro atoms. The smallest absolute Gasteiger partial charge is 0.223 e. The Morgan fingerprint density at radius 2 is 2.22 bits per heavy atom. The van der Waals surface area contributed by atoms with Gasteiger partial charge in [-0.1, -0.05) is 23.8 Å². The lowest BCUT2D eigenvalue weighted by Crippen LogP contribution is -2.32. The summed E-state index contributed by atoms with van der Waals surface area (Å²) in [6.07, 6.45) is 2.42. The predicted octanol–water partition coefficient (Wildman–Crippen LogP) is 2.26. The van der Waals surface area contributed by atoms with Crippen molar-refractivity contribution in [1.29, 1.82) is 0 Å². The van der Waals surface area contributed by atoms with Crippen molar-refractivity contribution in [2.75, 3.05) is 33.7 Å². The fourth-order valence-electron chi connectivity index (χ4n) is 3.00. The molecule has 1 aromatic heterocycles. The number of rotatable bonds is 5. The number of H-pyrrole nitrogens is 1. The van der Waals surface area contributed by atoms with Crippen molar-refractivity contribution < 1.29 is 4.79 Å². The van der Waals surface area contributed by atoms with E-state index in [9.17, 15) is 4.79 Å². The van der Waals surface area contributed by atoms with Gasteiger partial charge in [-0.15, -0.1) is 0 Å². The summed E-state index contributed by atoms with van der Waals surface area (Å²) in [6.45, 7) is 4.52. The van der Waals surface area contributed by atoms with E-state index in [4.69, 9.17) is 0 Å². The van der Waals surface area contributed by atoms with Crippen LogP contribution in [0.2, 0.25) is 0 Å². The van der Waals surface area contributed by atoms with Crippen LogP contribution in [-0.4, -0.2) is 59.4 Å². The molecule has 0 aliphatic carbocycles. The molecule has 2 aromatic rings. The summed E-state index contributed by atoms with van der Waals surface area (Å²) in [5, 5.41) is 0. The van der Waals surface area contributed by atoms with E-state index >= 15 is 0 Å². The number of likely N-dealkylation sites (tertiary alicyclic amines) is 1. The average molecular weight is 312 g/mol. The molecule has 3 rings (SSSR count). The molecule has 1 amide bonds. The van der Waals surface area contributed by atoms with Gasteiger partial charge >= 0.3 is 0 Å². The molecule has 1 aliphatic heterocycles. The molecule has 23 heavy (non-hydrogen) atoms. The molecule has 1 atom stereocenters. The van der Waals surface area contributed by atoms with Crippen LogP contribution in [-0.2, 0) is 4.79 Å². The first kappa shape index (κ1) is 15.7. The van der Waals surface area contributed by atoms with Gasteiger partial charge in [0.1, 0.15) is 5.82 Å². The number of benzene rings is 1. The Balaban J connectivity index is 1.70. The fraction of sp³-hybridized carbons (Fsp3) is 0.444. The van der Waals surface area contributed by atoms with Crippen molar-refractivity contribution in [3.63, 3.8) is 0 Å². The number of likely N-dealkylation sites (N-methyl/N-ethyl adjacent to an activating group) is 1. The van der Waals surface area contributed by atoms with Gasteiger partial charge in [-0.25, -0.2) is 4.98 Å². The Hall–Kier alpha value is -2.14. The molecule has 5 nitrogen and oxygen atoms in total. The van der Waals surface area contributed by atoms with Gasteiger partial charge in [-0.05, 0) is 32.6 Å². The molecule has 2 heterocycles. The summed E-state index contributed by atoms with van der Waals surface area (Å²) in [4.78, 5) is 24.1. The number of aromatic nitrogens is 2. The number of aryl methyl sites for hydroxylation is 1. The normalized spacial score (nSPS) is 18.2. The molecule has 1 N–H and O–H groups in total. The Labute approximate surface area is 137 Å². The third kappa shape index (κ3) is 3.62. The molecule has 1 fully saturated rings. The van der Waals surface area contributed by atoms with Crippen molar-refractivity contribution in [3.05, 3.63) is 41.9 Å². The zero-order valence-corrected chi connectivity index (χ0v) is 14.0. The van der Waals surface area contributed by atoms with Crippen molar-refractivity contribution >= 4 is 5.91 Å². The number of nitrogens with one attached hydrogen (secondary N) is 1. The maximum Gasteiger partial charge on any atom is 0.223 e. The van der Waals surface area contributed by atoms with Crippen molar-refractivity contribution in [1.82, 2.24) is 19.8 Å². The van der Waals surface area contributed by atoms with Crippen LogP contribution in [0, 0.1) is 6.92 Å². The second-order valence-electron chi connectivity index (χ2n) is 6.60. The number of nitrogens with zero attached hydrogens (tertiary/aromatic N) is 3. The molecule has 5 heteroatoms. The van der Waals surface area contributed by atoms with Crippen LogP contribution in [0.3, 0.4) is 0 Å². The van der Waals surface area contributed by atoms with Gasteiger partial charge in [0, 0.05) is 32.0 Å². The summed E-state index contributed by atoms with van der Waals surface area (Å²) in [6, 6.07) is 8.35. The first-order chi connectivity index (χ1) is 11.0. The van der Waals surface area contributed by atoms with Gasteiger partial charge in [-0.3, -0.25) is 4.79 Å². The van der Waals surface area contributed by atoms with E-state index in [1.54, 1.807) is 0 Å². The van der Waals surface area contributed by atoms with Gasteiger partial charge in [-0.2, -0.15) is 0 Å². The maximum atomic E-state index is 12.2. The highest BCUT2D eigenvalue weighted by atomic mass is 16.2. The van der Waals surface area contributed by atoms with Crippen LogP contribution in [0.4, 0.5) is 0 Å². The van der Waals surface area contributed by atoms with Crippen LogP contribution in [0.15, 0.2) is 30.5 Å². The first-order valence-corrected chi connectivity index (χ1v) is 8.07. The zero-order chi connectivity index (χ0) is 16.4. The van der Waals surface area contributed by atoms with E-state index in [0.717, 1.165) is 36.7 Å². The summed E-state index contributed by atoms with van der Waals surface area (Å²) in [7, 11) is 4.05. The number of amides is 1. The van der Waals surface area contributed by atoms with E-state index in [1.165, 1.54) is 5.56 Å². The molecule has 0 saturated carbocycles. The zero-order valence-electron chi connectivity index (χ0n) is 14.0. The Morgan fingerprint density at radius 1 is 1.39 bits per heavy atom. The molecular weight excluding hydrogens is 288 g/mol. The van der Waals surface area contributed by atoms with Crippen LogP contribution in [0.1, 0.15) is 23.7 Å². The lowest BCUT2D eigenvalue weighted by molar-refractivity contribution is -0.127. The van der Waals surface area contributed by atoms with Gasteiger partial charge in [0.15, 0.2) is 0 Å². The molecule has 1 aromatic carbocycles. The number of imidazole rings is 1. The lowest BCUT2D eigenvalue weighted by Gasteiger charge is -2.18. The maximum absolute atomic E-state index is 12.2. The van der Waals surface area contributed by atoms with E-state index in [1.807, 2.05) is 31.3 Å². The van der Waals surface area contributed by atoms with E-state index in [-0.39, 0.29) is 11.8 Å². The van der Waals surface area contributed by atoms with E-state index in [0.29, 0.717) is 6.42 Å². The summed E-state index contributed by atoms with van der Waals surface area (Å²) in [5.74, 6) is 1.32. The molecular formula is C18H24N4O. The minimum Gasteiger partial charge on any atom is -0.342 e. The van der Waals surface area contributed by atoms with E-state index < -0.39 is 0 Å². The van der Waals surface area contributed by atoms with Crippen molar-refractivity contribution in [2.24, 2.45) is 0 Å². The topological polar surface area (TPSA) is 52.2 Å². The fourth-order valence-corrected chi connectivity index (χ4v) is 3.00. The molecule has 1 aliphatic rings. The van der Waals surface area contributed by atoms with Gasteiger partial charge in [0.2, 0.25) is 5.91 Å². The highest BCUT2D eigenvalue weighted by molar-refractivity contribution is 5.79. The SMILES string of the molecule is Cc1cccc(-c2cnc(C3CC(=O)N(CCN(C)C)C3)[nH]2)c1. The highest BCUT2D eigenvalue weighted by Gasteiger charge is 2.32. The number of hydrogen-bond acceptors (Lipinski definition) is 3. The molecule has 1 saturated heterocycles. The second kappa shape index (κ2) is 6.54. The number of carbonyl (C=O) groups excluding carboxylic acids is 1. The van der Waals surface area contributed by atoms with Gasteiger partial charge < -0.3 is 14.8 Å². The second-order valence-corrected chi connectivity index (χ2v) is 6.60. The third-order valence-electron chi connectivity index (χ3n) is 4.34. The average Bonchev–Trinajstić information content (AvgIpc) is 3.12. The summed E-state index contributed by atoms with van der Waals surface area (Å²) >= 11 is 0. The predicted molar refractivity (Wildman–Crippen MR) is 91.3 cm³/mol. The highest BCUT2D eigenvalue weighted by Crippen LogP contribution is 2.28. The molecule has 122 valence electrons. The Bertz CT molecular complexity index is 692. The Kier molecular flexibility index (Phi) is 4.48. The van der Waals surface area contributed by atoms with Crippen LogP contribution < -0.4 is 0 Å². The molecule has 0 bridgehead atoms. The minimum atomic E-state index is 0.170. The first-order valence-electron chi connectivity index (χ1n) is 8.07. The van der Waals surface area contributed by atoms with Gasteiger partial charge in [0.05, 0.1) is 11.9 Å². The standard InChI is InChI=1S/C18H24N4O/c1-13-5-4-6-14(9-13)16-11-19-18(20-16)15-10-17(23)22(12-15)8-7-21(2)3/h4-6,9,11,15H,7-8,10,12H2,1-3H3,(H,19,20). The summed E-state index contributed by atoms with van der Waals surface area (Å²) < 4.78 is 0. The third-order valence-corrected chi connectivity index (χ3v) is 4.34.